The number of imidazole rings is 1. The Hall–Kier alpha value is -0.440. The first-order chi connectivity index (χ1) is 9.45. The highest BCUT2D eigenvalue weighted by Crippen LogP contribution is 2.17. The van der Waals surface area contributed by atoms with Crippen LogP contribution in [0.1, 0.15) is 12.2 Å². The van der Waals surface area contributed by atoms with Crippen molar-refractivity contribution >= 4 is 26.0 Å². The van der Waals surface area contributed by atoms with Crippen LogP contribution in [0.4, 0.5) is 0 Å². The van der Waals surface area contributed by atoms with Gasteiger partial charge < -0.3 is 9.47 Å². The van der Waals surface area contributed by atoms with Crippen LogP contribution in [0.2, 0.25) is 0 Å². The van der Waals surface area contributed by atoms with Crippen LogP contribution in [0.25, 0.3) is 0 Å². The maximum Gasteiger partial charge on any atom is 0.262 e. The van der Waals surface area contributed by atoms with Crippen molar-refractivity contribution in [2.75, 3.05) is 38.1 Å². The summed E-state index contributed by atoms with van der Waals surface area (Å²) < 4.78 is 28.5. The van der Waals surface area contributed by atoms with E-state index in [1.165, 1.54) is 0 Å². The lowest BCUT2D eigenvalue weighted by atomic mass is 10.4. The van der Waals surface area contributed by atoms with E-state index in [2.05, 4.69) is 25.8 Å². The Morgan fingerprint density at radius 3 is 2.65 bits per heavy atom. The molecule has 0 unspecified atom stereocenters. The third kappa shape index (κ3) is 3.41. The molecule has 0 aliphatic carbocycles. The zero-order valence-corrected chi connectivity index (χ0v) is 14.3. The molecule has 114 valence electrons. The molecule has 2 rings (SSSR count). The summed E-state index contributed by atoms with van der Waals surface area (Å²) in [6.07, 6.45) is 2.45. The Balaban J connectivity index is 2.13. The predicted octanol–water partition coefficient (Wildman–Crippen LogP) is 0.820. The topological polar surface area (TPSA) is 58.4 Å². The van der Waals surface area contributed by atoms with Crippen LogP contribution in [0.3, 0.4) is 0 Å². The second-order valence-corrected chi connectivity index (χ2v) is 7.70. The first kappa shape index (κ1) is 15.9. The van der Waals surface area contributed by atoms with Crippen LogP contribution in [-0.2, 0) is 17.1 Å². The summed E-state index contributed by atoms with van der Waals surface area (Å²) in [5.41, 5.74) is 0. The zero-order valence-electron chi connectivity index (χ0n) is 11.9. The summed E-state index contributed by atoms with van der Waals surface area (Å²) in [5, 5.41) is 1.07. The molecule has 2 heterocycles. The largest absolute Gasteiger partial charge is 0.337 e. The van der Waals surface area contributed by atoms with Gasteiger partial charge in [0.15, 0.2) is 5.03 Å². The Labute approximate surface area is 128 Å². The van der Waals surface area contributed by atoms with Crippen molar-refractivity contribution in [2.24, 2.45) is 7.05 Å². The van der Waals surface area contributed by atoms with E-state index in [9.17, 15) is 8.42 Å². The number of rotatable bonds is 4. The van der Waals surface area contributed by atoms with Crippen molar-refractivity contribution in [1.82, 2.24) is 18.8 Å². The van der Waals surface area contributed by atoms with Gasteiger partial charge in [-0.2, -0.15) is 4.31 Å². The monoisotopic (exact) mass is 364 g/mol. The highest BCUT2D eigenvalue weighted by atomic mass is 79.9. The van der Waals surface area contributed by atoms with E-state index in [1.54, 1.807) is 22.0 Å². The molecule has 0 saturated carbocycles. The fourth-order valence-corrected chi connectivity index (χ4v) is 4.31. The summed E-state index contributed by atoms with van der Waals surface area (Å²) in [7, 11) is -1.66. The van der Waals surface area contributed by atoms with E-state index in [0.29, 0.717) is 18.9 Å². The molecule has 1 saturated heterocycles. The summed E-state index contributed by atoms with van der Waals surface area (Å²) in [5.74, 6) is 0.708. The number of hydrogen-bond acceptors (Lipinski definition) is 4. The Morgan fingerprint density at radius 2 is 2.05 bits per heavy atom. The minimum absolute atomic E-state index is 0.159. The molecule has 1 aromatic rings. The maximum atomic E-state index is 12.6. The van der Waals surface area contributed by atoms with E-state index >= 15 is 0 Å². The second kappa shape index (κ2) is 6.55. The van der Waals surface area contributed by atoms with Gasteiger partial charge in [0.25, 0.3) is 10.0 Å². The molecule has 0 amide bonds. The molecule has 0 spiro atoms. The summed E-state index contributed by atoms with van der Waals surface area (Å²) in [6.45, 7) is 5.58. The third-order valence-electron chi connectivity index (χ3n) is 3.64. The molecule has 0 aromatic carbocycles. The molecule has 1 fully saturated rings. The third-order valence-corrected chi connectivity index (χ3v) is 5.76. The van der Waals surface area contributed by atoms with Crippen molar-refractivity contribution in [3.05, 3.63) is 12.0 Å². The summed E-state index contributed by atoms with van der Waals surface area (Å²) >= 11 is 3.43. The SMILES string of the molecule is Cc1nc(S(=O)(=O)N2CCCN(CCBr)CC2)cn1C. The number of aromatic nitrogens is 2. The smallest absolute Gasteiger partial charge is 0.262 e. The lowest BCUT2D eigenvalue weighted by Gasteiger charge is -2.20. The zero-order chi connectivity index (χ0) is 14.8. The van der Waals surface area contributed by atoms with Crippen molar-refractivity contribution in [3.63, 3.8) is 0 Å². The molecule has 0 N–H and O–H groups in total. The van der Waals surface area contributed by atoms with Gasteiger partial charge in [-0.15, -0.1) is 0 Å². The molecule has 1 aliphatic rings. The van der Waals surface area contributed by atoms with E-state index in [0.717, 1.165) is 31.4 Å². The van der Waals surface area contributed by atoms with Gasteiger partial charge in [0.05, 0.1) is 0 Å². The van der Waals surface area contributed by atoms with Gasteiger partial charge >= 0.3 is 0 Å². The van der Waals surface area contributed by atoms with Crippen molar-refractivity contribution in [1.29, 1.82) is 0 Å². The van der Waals surface area contributed by atoms with Gasteiger partial charge in [-0.3, -0.25) is 0 Å². The molecular weight excluding hydrogens is 344 g/mol. The van der Waals surface area contributed by atoms with Gasteiger partial charge in [-0.25, -0.2) is 13.4 Å². The Morgan fingerprint density at radius 1 is 1.30 bits per heavy atom. The summed E-state index contributed by atoms with van der Waals surface area (Å²) in [4.78, 5) is 6.44. The highest BCUT2D eigenvalue weighted by molar-refractivity contribution is 9.09. The van der Waals surface area contributed by atoms with E-state index < -0.39 is 10.0 Å². The predicted molar refractivity (Wildman–Crippen MR) is 81.6 cm³/mol. The van der Waals surface area contributed by atoms with E-state index in [1.807, 2.05) is 7.05 Å². The van der Waals surface area contributed by atoms with Crippen molar-refractivity contribution in [3.8, 4) is 0 Å². The Bertz CT molecular complexity index is 538. The maximum absolute atomic E-state index is 12.6. The first-order valence-corrected chi connectivity index (χ1v) is 9.29. The normalized spacial score (nSPS) is 19.1. The average Bonchev–Trinajstić information content (AvgIpc) is 2.63. The number of halogens is 1. The average molecular weight is 365 g/mol. The van der Waals surface area contributed by atoms with Gasteiger partial charge in [-0.1, -0.05) is 15.9 Å². The van der Waals surface area contributed by atoms with E-state index in [-0.39, 0.29) is 5.03 Å². The molecule has 1 aliphatic heterocycles. The molecule has 1 aromatic heterocycles. The number of nitrogens with zero attached hydrogens (tertiary/aromatic N) is 4. The van der Waals surface area contributed by atoms with E-state index in [4.69, 9.17) is 0 Å². The van der Waals surface area contributed by atoms with Crippen molar-refractivity contribution < 1.29 is 8.42 Å². The lowest BCUT2D eigenvalue weighted by molar-refractivity contribution is 0.305. The molecule has 0 radical (unpaired) electrons. The minimum Gasteiger partial charge on any atom is -0.337 e. The van der Waals surface area contributed by atoms with Crippen LogP contribution in [0.5, 0.6) is 0 Å². The first-order valence-electron chi connectivity index (χ1n) is 6.73. The molecule has 0 atom stereocenters. The van der Waals surface area contributed by atoms with Crippen LogP contribution >= 0.6 is 15.9 Å². The summed E-state index contributed by atoms with van der Waals surface area (Å²) in [6, 6.07) is 0. The molecule has 6 nitrogen and oxygen atoms in total. The minimum atomic E-state index is -3.46. The number of aryl methyl sites for hydroxylation is 2. The fourth-order valence-electron chi connectivity index (χ4n) is 2.31. The van der Waals surface area contributed by atoms with Gasteiger partial charge in [0, 0.05) is 44.8 Å². The molecule has 8 heteroatoms. The van der Waals surface area contributed by atoms with Gasteiger partial charge in [0.1, 0.15) is 5.82 Å². The quantitative estimate of drug-likeness (QED) is 0.742. The number of hydrogen-bond donors (Lipinski definition) is 0. The molecule has 20 heavy (non-hydrogen) atoms. The van der Waals surface area contributed by atoms with Gasteiger partial charge in [-0.05, 0) is 19.9 Å². The van der Waals surface area contributed by atoms with Crippen LogP contribution < -0.4 is 0 Å². The number of alkyl halides is 1. The lowest BCUT2D eigenvalue weighted by Crippen LogP contribution is -2.35. The van der Waals surface area contributed by atoms with Crippen LogP contribution in [0, 0.1) is 6.92 Å². The van der Waals surface area contributed by atoms with Crippen LogP contribution in [0.15, 0.2) is 11.2 Å². The van der Waals surface area contributed by atoms with Gasteiger partial charge in [0.2, 0.25) is 0 Å². The molecular formula is C12H21BrN4O2S. The standard InChI is InChI=1S/C12H21BrN4O2S/c1-11-14-12(10-15(11)2)20(18,19)17-6-3-5-16(7-4-13)8-9-17/h10H,3-9H2,1-2H3. The fraction of sp³-hybridized carbons (Fsp3) is 0.750. The highest BCUT2D eigenvalue weighted by Gasteiger charge is 2.29. The van der Waals surface area contributed by atoms with Crippen molar-refractivity contribution in [2.45, 2.75) is 18.4 Å². The Kier molecular flexibility index (Phi) is 5.22. The second-order valence-electron chi connectivity index (χ2n) is 5.03. The van der Waals surface area contributed by atoms with Crippen LogP contribution in [-0.4, -0.2) is 65.2 Å². The molecule has 0 bridgehead atoms. The number of sulfonamides is 1.